The fourth-order valence-corrected chi connectivity index (χ4v) is 2.47. The second-order valence-corrected chi connectivity index (χ2v) is 7.55. The van der Waals surface area contributed by atoms with E-state index < -0.39 is 17.7 Å². The molecule has 1 aromatic rings. The van der Waals surface area contributed by atoms with Crippen LogP contribution in [0.15, 0.2) is 24.3 Å². The predicted octanol–water partition coefficient (Wildman–Crippen LogP) is 2.13. The highest BCUT2D eigenvalue weighted by atomic mass is 16.5. The summed E-state index contributed by atoms with van der Waals surface area (Å²) in [5.74, 6) is 0.567. The van der Waals surface area contributed by atoms with Crippen LogP contribution in [-0.2, 0) is 9.53 Å². The molecule has 0 fully saturated rings. The Morgan fingerprint density at radius 2 is 1.61 bits per heavy atom. The van der Waals surface area contributed by atoms with Crippen LogP contribution in [0.3, 0.4) is 0 Å². The Balaban J connectivity index is 2.60. The molecule has 28 heavy (non-hydrogen) atoms. The van der Waals surface area contributed by atoms with Gasteiger partial charge in [0.2, 0.25) is 6.41 Å². The van der Waals surface area contributed by atoms with E-state index in [1.807, 2.05) is 27.7 Å². The van der Waals surface area contributed by atoms with Gasteiger partial charge in [0.15, 0.2) is 0 Å². The second kappa shape index (κ2) is 9.93. The smallest absolute Gasteiger partial charge is 0.327 e. The fourth-order valence-electron chi connectivity index (χ4n) is 2.47. The number of nitrogens with one attached hydrogen (secondary N) is 1. The van der Waals surface area contributed by atoms with Crippen molar-refractivity contribution in [2.45, 2.75) is 51.7 Å². The van der Waals surface area contributed by atoms with Gasteiger partial charge in [-0.1, -0.05) is 0 Å². The van der Waals surface area contributed by atoms with Crippen molar-refractivity contribution in [1.29, 1.82) is 0 Å². The van der Waals surface area contributed by atoms with Gasteiger partial charge in [-0.05, 0) is 58.4 Å². The lowest BCUT2D eigenvalue weighted by atomic mass is 10.0. The molecule has 0 saturated carbocycles. The second-order valence-electron chi connectivity index (χ2n) is 7.55. The van der Waals surface area contributed by atoms with Crippen molar-refractivity contribution in [2.75, 3.05) is 18.1 Å². The zero-order chi connectivity index (χ0) is 21.4. The molecule has 5 amide bonds. The van der Waals surface area contributed by atoms with Gasteiger partial charge in [-0.15, -0.1) is 0 Å². The molecule has 0 heterocycles. The van der Waals surface area contributed by atoms with E-state index in [1.165, 1.54) is 12.1 Å². The van der Waals surface area contributed by atoms with E-state index in [-0.39, 0.29) is 11.3 Å². The topological polar surface area (TPSA) is 137 Å². The molecule has 5 N–H and O–H groups in total. The summed E-state index contributed by atoms with van der Waals surface area (Å²) in [7, 11) is 0. The van der Waals surface area contributed by atoms with Crippen molar-refractivity contribution in [3.05, 3.63) is 24.3 Å². The molecule has 1 rings (SSSR count). The number of carbonyl (C=O) groups is 3. The molecule has 0 bridgehead atoms. The van der Waals surface area contributed by atoms with Crippen LogP contribution < -0.4 is 26.4 Å². The maximum absolute atomic E-state index is 11.3. The normalized spacial score (nSPS) is 11.6. The molecule has 0 radical (unpaired) electrons. The summed E-state index contributed by atoms with van der Waals surface area (Å²) in [5.41, 5.74) is 9.71. The van der Waals surface area contributed by atoms with Gasteiger partial charge in [0.25, 0.3) is 0 Å². The number of ether oxygens (including phenoxy) is 2. The SMILES string of the molecule is CC(C)(CCNC=O)OCCC(C)(C)Oc1ccc(N(C(N)=O)C(N)=O)cc1. The third-order valence-electron chi connectivity index (χ3n) is 4.08. The average Bonchev–Trinajstić information content (AvgIpc) is 2.55. The van der Waals surface area contributed by atoms with Crippen molar-refractivity contribution in [3.8, 4) is 5.75 Å². The molecule has 0 atom stereocenters. The molecule has 0 aromatic heterocycles. The lowest BCUT2D eigenvalue weighted by Gasteiger charge is -2.30. The molecule has 9 nitrogen and oxygen atoms in total. The predicted molar refractivity (Wildman–Crippen MR) is 106 cm³/mol. The standard InChI is InChI=1S/C19H30N4O5/c1-18(2,9-11-22-13-24)27-12-10-19(3,4)28-15-7-5-14(6-8-15)23(16(20)25)17(21)26/h5-8,13H,9-12H2,1-4H3,(H2,20,25)(H2,21,26)(H,22,24). The average molecular weight is 394 g/mol. The highest BCUT2D eigenvalue weighted by Crippen LogP contribution is 2.25. The summed E-state index contributed by atoms with van der Waals surface area (Å²) in [4.78, 5) is 33.6. The van der Waals surface area contributed by atoms with Gasteiger partial charge in [0.05, 0.1) is 17.9 Å². The fraction of sp³-hybridized carbons (Fsp3) is 0.526. The third kappa shape index (κ3) is 7.83. The molecule has 156 valence electrons. The van der Waals surface area contributed by atoms with Gasteiger partial charge in [0.1, 0.15) is 11.4 Å². The number of hydrogen-bond donors (Lipinski definition) is 3. The summed E-state index contributed by atoms with van der Waals surface area (Å²) < 4.78 is 11.9. The quantitative estimate of drug-likeness (QED) is 0.390. The number of imide groups is 1. The Bertz CT molecular complexity index is 659. The number of amides is 5. The number of urea groups is 2. The minimum absolute atomic E-state index is 0.263. The summed E-state index contributed by atoms with van der Waals surface area (Å²) in [6.45, 7) is 8.84. The van der Waals surface area contributed by atoms with Crippen LogP contribution in [0.25, 0.3) is 0 Å². The van der Waals surface area contributed by atoms with E-state index in [1.54, 1.807) is 12.1 Å². The maximum Gasteiger partial charge on any atom is 0.327 e. The summed E-state index contributed by atoms with van der Waals surface area (Å²) in [5, 5.41) is 2.62. The van der Waals surface area contributed by atoms with Crippen molar-refractivity contribution in [1.82, 2.24) is 5.32 Å². The first-order chi connectivity index (χ1) is 13.0. The highest BCUT2D eigenvalue weighted by molar-refractivity contribution is 6.12. The molecule has 0 aliphatic carbocycles. The van der Waals surface area contributed by atoms with Crippen LogP contribution in [-0.4, -0.2) is 42.8 Å². The van der Waals surface area contributed by atoms with E-state index in [0.717, 1.165) is 0 Å². The van der Waals surface area contributed by atoms with Gasteiger partial charge in [-0.3, -0.25) is 4.79 Å². The molecule has 0 saturated heterocycles. The number of benzene rings is 1. The van der Waals surface area contributed by atoms with Gasteiger partial charge < -0.3 is 26.3 Å². The van der Waals surface area contributed by atoms with Crippen LogP contribution in [0.2, 0.25) is 0 Å². The third-order valence-corrected chi connectivity index (χ3v) is 4.08. The van der Waals surface area contributed by atoms with Crippen LogP contribution in [0, 0.1) is 0 Å². The monoisotopic (exact) mass is 394 g/mol. The zero-order valence-electron chi connectivity index (χ0n) is 16.9. The molecule has 0 spiro atoms. The summed E-state index contributed by atoms with van der Waals surface area (Å²) in [6.07, 6.45) is 2.00. The van der Waals surface area contributed by atoms with Crippen molar-refractivity contribution < 1.29 is 23.9 Å². The number of carbonyl (C=O) groups excluding carboxylic acids is 3. The number of nitrogens with two attached hydrogens (primary N) is 2. The Kier molecular flexibility index (Phi) is 8.24. The van der Waals surface area contributed by atoms with Gasteiger partial charge in [-0.2, -0.15) is 0 Å². The lowest BCUT2D eigenvalue weighted by Crippen LogP contribution is -2.44. The first kappa shape index (κ1) is 23.2. The Hall–Kier alpha value is -2.81. The molecule has 0 aliphatic heterocycles. The lowest BCUT2D eigenvalue weighted by molar-refractivity contribution is -0.109. The van der Waals surface area contributed by atoms with E-state index in [4.69, 9.17) is 20.9 Å². The number of nitrogens with zero attached hydrogens (tertiary/aromatic N) is 1. The summed E-state index contributed by atoms with van der Waals surface area (Å²) in [6, 6.07) is 4.41. The first-order valence-corrected chi connectivity index (χ1v) is 8.96. The van der Waals surface area contributed by atoms with Crippen molar-refractivity contribution >= 4 is 24.2 Å². The molecule has 0 unspecified atom stereocenters. The number of primary amides is 2. The van der Waals surface area contributed by atoms with Crippen molar-refractivity contribution in [2.24, 2.45) is 11.5 Å². The van der Waals surface area contributed by atoms with Gasteiger partial charge in [0, 0.05) is 13.0 Å². The molecular formula is C19H30N4O5. The molecule has 1 aromatic carbocycles. The van der Waals surface area contributed by atoms with E-state index in [9.17, 15) is 14.4 Å². The van der Waals surface area contributed by atoms with Crippen LogP contribution in [0.1, 0.15) is 40.5 Å². The minimum Gasteiger partial charge on any atom is -0.488 e. The number of rotatable bonds is 11. The largest absolute Gasteiger partial charge is 0.488 e. The number of hydrogen-bond acceptors (Lipinski definition) is 5. The van der Waals surface area contributed by atoms with Crippen LogP contribution >= 0.6 is 0 Å². The van der Waals surface area contributed by atoms with Gasteiger partial charge >= 0.3 is 12.1 Å². The van der Waals surface area contributed by atoms with Crippen LogP contribution in [0.4, 0.5) is 15.3 Å². The van der Waals surface area contributed by atoms with Crippen LogP contribution in [0.5, 0.6) is 5.75 Å². The van der Waals surface area contributed by atoms with E-state index in [2.05, 4.69) is 5.32 Å². The first-order valence-electron chi connectivity index (χ1n) is 8.96. The molecular weight excluding hydrogens is 364 g/mol. The minimum atomic E-state index is -0.954. The zero-order valence-corrected chi connectivity index (χ0v) is 16.9. The molecule has 9 heteroatoms. The maximum atomic E-state index is 11.3. The van der Waals surface area contributed by atoms with E-state index >= 15 is 0 Å². The van der Waals surface area contributed by atoms with Crippen molar-refractivity contribution in [3.63, 3.8) is 0 Å². The highest BCUT2D eigenvalue weighted by Gasteiger charge is 2.24. The summed E-state index contributed by atoms with van der Waals surface area (Å²) >= 11 is 0. The Morgan fingerprint density at radius 3 is 2.11 bits per heavy atom. The van der Waals surface area contributed by atoms with Gasteiger partial charge in [-0.25, -0.2) is 14.5 Å². The number of anilines is 1. The van der Waals surface area contributed by atoms with E-state index in [0.29, 0.717) is 43.1 Å². The molecule has 0 aliphatic rings. The Morgan fingerprint density at radius 1 is 1.04 bits per heavy atom. The Labute approximate surface area is 165 Å².